The van der Waals surface area contributed by atoms with Crippen molar-refractivity contribution in [1.29, 1.82) is 5.26 Å². The summed E-state index contributed by atoms with van der Waals surface area (Å²) in [6.07, 6.45) is 8.92. The molecule has 4 aliphatic rings. The Morgan fingerprint density at radius 1 is 1.25 bits per heavy atom. The molecule has 6 rings (SSSR count). The van der Waals surface area contributed by atoms with Crippen LogP contribution in [0.2, 0.25) is 0 Å². The second-order valence-corrected chi connectivity index (χ2v) is 11.7. The van der Waals surface area contributed by atoms with E-state index in [4.69, 9.17) is 14.7 Å². The molecule has 8 heteroatoms. The molecular weight excluding hydrogens is 500 g/mol. The number of likely N-dealkylation sites (tertiary alicyclic amines) is 1. The molecule has 2 aliphatic heterocycles. The molecule has 1 aromatic carbocycles. The Labute approximate surface area is 237 Å². The van der Waals surface area contributed by atoms with Crippen LogP contribution in [-0.2, 0) is 23.1 Å². The van der Waals surface area contributed by atoms with Crippen molar-refractivity contribution in [2.75, 3.05) is 44.7 Å². The number of piperazine rings is 1. The molecule has 1 amide bonds. The van der Waals surface area contributed by atoms with Gasteiger partial charge in [-0.25, -0.2) is 0 Å². The fourth-order valence-corrected chi connectivity index (χ4v) is 7.24. The van der Waals surface area contributed by atoms with E-state index in [1.807, 2.05) is 0 Å². The minimum Gasteiger partial charge on any atom is -0.462 e. The highest BCUT2D eigenvalue weighted by molar-refractivity contribution is 5.87. The lowest BCUT2D eigenvalue weighted by Crippen LogP contribution is -2.55. The molecule has 0 radical (unpaired) electrons. The largest absolute Gasteiger partial charge is 0.462 e. The summed E-state index contributed by atoms with van der Waals surface area (Å²) in [5.74, 6) is 0.773. The van der Waals surface area contributed by atoms with E-state index in [2.05, 4.69) is 66.8 Å². The van der Waals surface area contributed by atoms with Gasteiger partial charge in [-0.15, -0.1) is 0 Å². The van der Waals surface area contributed by atoms with Crippen molar-refractivity contribution < 1.29 is 9.53 Å². The van der Waals surface area contributed by atoms with Crippen LogP contribution in [0, 0.1) is 11.3 Å². The second-order valence-electron chi connectivity index (χ2n) is 11.7. The van der Waals surface area contributed by atoms with Crippen molar-refractivity contribution in [3.63, 3.8) is 0 Å². The number of rotatable bonds is 6. The summed E-state index contributed by atoms with van der Waals surface area (Å²) in [5.41, 5.74) is 6.25. The van der Waals surface area contributed by atoms with Gasteiger partial charge in [-0.2, -0.15) is 15.2 Å². The molecule has 40 heavy (non-hydrogen) atoms. The maximum atomic E-state index is 12.5. The number of carbonyl (C=O) groups excluding carboxylic acids is 1. The average molecular weight is 539 g/mol. The lowest BCUT2D eigenvalue weighted by Gasteiger charge is -2.43. The number of anilines is 1. The van der Waals surface area contributed by atoms with E-state index in [0.717, 1.165) is 43.7 Å². The van der Waals surface area contributed by atoms with Gasteiger partial charge in [0.1, 0.15) is 12.4 Å². The van der Waals surface area contributed by atoms with Crippen LogP contribution in [0.5, 0.6) is 6.01 Å². The molecule has 1 spiro atoms. The van der Waals surface area contributed by atoms with E-state index in [9.17, 15) is 10.1 Å². The molecule has 2 fully saturated rings. The van der Waals surface area contributed by atoms with Crippen molar-refractivity contribution in [2.24, 2.45) is 0 Å². The quantitative estimate of drug-likeness (QED) is 0.516. The number of carbonyl (C=O) groups is 1. The van der Waals surface area contributed by atoms with Crippen LogP contribution in [0.3, 0.4) is 0 Å². The maximum absolute atomic E-state index is 12.5. The SMILES string of the molecule is C=CC(=O)N1CCN(c2nc(OC[C@@H]3CCCN3C)nc3c2CC[C@@]2(C3)C(C)=Cc3ccccc32)C[C@@H]1CC#N. The topological polar surface area (TPSA) is 85.6 Å². The number of hydrogen-bond donors (Lipinski definition) is 0. The van der Waals surface area contributed by atoms with Crippen molar-refractivity contribution in [1.82, 2.24) is 19.8 Å². The Balaban J connectivity index is 1.35. The zero-order valence-corrected chi connectivity index (χ0v) is 23.6. The van der Waals surface area contributed by atoms with Crippen LogP contribution in [0.15, 0.2) is 42.5 Å². The zero-order chi connectivity index (χ0) is 27.9. The molecule has 208 valence electrons. The molecule has 3 atom stereocenters. The van der Waals surface area contributed by atoms with Gasteiger partial charge in [0.15, 0.2) is 0 Å². The molecule has 2 aromatic rings. The third-order valence-corrected chi connectivity index (χ3v) is 9.57. The Kier molecular flexibility index (Phi) is 7.09. The van der Waals surface area contributed by atoms with Crippen LogP contribution in [-0.4, -0.2) is 77.6 Å². The maximum Gasteiger partial charge on any atom is 0.318 e. The summed E-state index contributed by atoms with van der Waals surface area (Å²) in [7, 11) is 2.15. The smallest absolute Gasteiger partial charge is 0.318 e. The number of benzene rings is 1. The van der Waals surface area contributed by atoms with Crippen molar-refractivity contribution in [2.45, 2.75) is 62.9 Å². The predicted molar refractivity (Wildman–Crippen MR) is 155 cm³/mol. The van der Waals surface area contributed by atoms with E-state index in [0.29, 0.717) is 38.3 Å². The Morgan fingerprint density at radius 3 is 2.88 bits per heavy atom. The predicted octanol–water partition coefficient (Wildman–Crippen LogP) is 3.91. The highest BCUT2D eigenvalue weighted by atomic mass is 16.5. The molecule has 0 saturated carbocycles. The fraction of sp³-hybridized carbons (Fsp3) is 0.500. The third kappa shape index (κ3) is 4.56. The molecular formula is C32H38N6O2. The summed E-state index contributed by atoms with van der Waals surface area (Å²) in [6.45, 7) is 9.29. The molecule has 8 nitrogen and oxygen atoms in total. The Bertz CT molecular complexity index is 1400. The van der Waals surface area contributed by atoms with Gasteiger partial charge in [0, 0.05) is 43.1 Å². The molecule has 3 heterocycles. The van der Waals surface area contributed by atoms with Gasteiger partial charge >= 0.3 is 6.01 Å². The molecule has 0 N–H and O–H groups in total. The number of likely N-dealkylation sites (N-methyl/N-ethyl adjacent to an activating group) is 1. The Hall–Kier alpha value is -3.70. The first kappa shape index (κ1) is 26.5. The van der Waals surface area contributed by atoms with E-state index >= 15 is 0 Å². The summed E-state index contributed by atoms with van der Waals surface area (Å²) in [6, 6.07) is 11.6. The first-order valence-corrected chi connectivity index (χ1v) is 14.5. The lowest BCUT2D eigenvalue weighted by atomic mass is 9.67. The number of nitriles is 1. The van der Waals surface area contributed by atoms with Crippen molar-refractivity contribution in [3.05, 3.63) is 64.9 Å². The van der Waals surface area contributed by atoms with Crippen LogP contribution in [0.4, 0.5) is 5.82 Å². The van der Waals surface area contributed by atoms with Gasteiger partial charge in [0.05, 0.1) is 24.2 Å². The first-order chi connectivity index (χ1) is 19.4. The number of aromatic nitrogens is 2. The summed E-state index contributed by atoms with van der Waals surface area (Å²) >= 11 is 0. The number of amides is 1. The van der Waals surface area contributed by atoms with E-state index < -0.39 is 0 Å². The average Bonchev–Trinajstić information content (AvgIpc) is 3.50. The standard InChI is InChI=1S/C32H38N6O2/c1-4-29(39)38-17-16-37(20-24(38)12-14-33)30-26-11-13-32(22(2)18-23-8-5-6-10-27(23)32)19-28(26)34-31(35-30)40-21-25-9-7-15-36(25)3/h4-6,8,10,18,24-25H,1,7,9,11-13,15-17,19-21H2,2-3H3/t24-,25-,32+/m0/s1. The zero-order valence-electron chi connectivity index (χ0n) is 23.6. The van der Waals surface area contributed by atoms with Gasteiger partial charge < -0.3 is 19.4 Å². The lowest BCUT2D eigenvalue weighted by molar-refractivity contribution is -0.128. The van der Waals surface area contributed by atoms with E-state index in [1.54, 1.807) is 4.90 Å². The number of allylic oxidation sites excluding steroid dienone is 1. The van der Waals surface area contributed by atoms with Gasteiger partial charge in [-0.1, -0.05) is 42.5 Å². The number of fused-ring (bicyclic) bond motifs is 3. The second kappa shape index (κ2) is 10.7. The van der Waals surface area contributed by atoms with Gasteiger partial charge in [-0.3, -0.25) is 4.79 Å². The minimum atomic E-state index is -0.215. The normalized spacial score (nSPS) is 25.8. The number of hydrogen-bond acceptors (Lipinski definition) is 7. The van der Waals surface area contributed by atoms with E-state index in [1.165, 1.54) is 34.8 Å². The minimum absolute atomic E-state index is 0.0590. The highest BCUT2D eigenvalue weighted by Crippen LogP contribution is 2.50. The van der Waals surface area contributed by atoms with Crippen LogP contribution in [0.25, 0.3) is 6.08 Å². The monoisotopic (exact) mass is 538 g/mol. The van der Waals surface area contributed by atoms with Crippen LogP contribution in [0.1, 0.15) is 55.0 Å². The number of ether oxygens (including phenoxy) is 1. The van der Waals surface area contributed by atoms with E-state index in [-0.39, 0.29) is 23.8 Å². The van der Waals surface area contributed by atoms with Gasteiger partial charge in [0.25, 0.3) is 0 Å². The molecule has 0 bridgehead atoms. The highest BCUT2D eigenvalue weighted by Gasteiger charge is 2.44. The molecule has 0 unspecified atom stereocenters. The van der Waals surface area contributed by atoms with Crippen LogP contribution < -0.4 is 9.64 Å². The van der Waals surface area contributed by atoms with Crippen LogP contribution >= 0.6 is 0 Å². The molecule has 2 aliphatic carbocycles. The summed E-state index contributed by atoms with van der Waals surface area (Å²) in [4.78, 5) is 28.9. The van der Waals surface area contributed by atoms with Gasteiger partial charge in [-0.05, 0) is 63.4 Å². The van der Waals surface area contributed by atoms with Gasteiger partial charge in [0.2, 0.25) is 5.91 Å². The Morgan fingerprint density at radius 2 is 2.10 bits per heavy atom. The first-order valence-electron chi connectivity index (χ1n) is 14.5. The summed E-state index contributed by atoms with van der Waals surface area (Å²) < 4.78 is 6.32. The van der Waals surface area contributed by atoms with Crippen molar-refractivity contribution in [3.8, 4) is 12.1 Å². The van der Waals surface area contributed by atoms with Crippen molar-refractivity contribution >= 4 is 17.8 Å². The molecule has 1 aromatic heterocycles. The third-order valence-electron chi connectivity index (χ3n) is 9.57. The molecule has 2 saturated heterocycles. The fourth-order valence-electron chi connectivity index (χ4n) is 7.24. The number of nitrogens with zero attached hydrogens (tertiary/aromatic N) is 6. The summed E-state index contributed by atoms with van der Waals surface area (Å²) in [5, 5.41) is 9.51.